The molecule has 0 saturated carbocycles. The van der Waals surface area contributed by atoms with E-state index >= 15 is 0 Å². The van der Waals surface area contributed by atoms with E-state index in [4.69, 9.17) is 0 Å². The van der Waals surface area contributed by atoms with E-state index < -0.39 is 6.04 Å². The van der Waals surface area contributed by atoms with Gasteiger partial charge in [-0.1, -0.05) is 0 Å². The fourth-order valence-corrected chi connectivity index (χ4v) is 3.48. The Morgan fingerprint density at radius 3 is 2.50 bits per heavy atom. The van der Waals surface area contributed by atoms with Crippen molar-refractivity contribution in [3.05, 3.63) is 29.3 Å². The van der Waals surface area contributed by atoms with Gasteiger partial charge in [0.25, 0.3) is 5.91 Å². The van der Waals surface area contributed by atoms with Gasteiger partial charge in [0.1, 0.15) is 6.04 Å². The van der Waals surface area contributed by atoms with Crippen molar-refractivity contribution in [2.24, 2.45) is 0 Å². The Bertz CT molecular complexity index is 672. The van der Waals surface area contributed by atoms with Gasteiger partial charge in [0.05, 0.1) is 0 Å². The molecule has 1 saturated heterocycles. The summed E-state index contributed by atoms with van der Waals surface area (Å²) in [5.74, 6) is 0.353. The molecule has 1 aliphatic heterocycles. The number of benzene rings is 1. The molecule has 0 bridgehead atoms. The van der Waals surface area contributed by atoms with E-state index in [0.717, 1.165) is 37.2 Å². The fourth-order valence-electron chi connectivity index (χ4n) is 3.01. The summed E-state index contributed by atoms with van der Waals surface area (Å²) in [7, 11) is 0. The van der Waals surface area contributed by atoms with Gasteiger partial charge in [0, 0.05) is 31.3 Å². The Balaban J connectivity index is 2.06. The summed E-state index contributed by atoms with van der Waals surface area (Å²) in [6.07, 6.45) is 4.64. The summed E-state index contributed by atoms with van der Waals surface area (Å²) in [4.78, 5) is 38.2. The van der Waals surface area contributed by atoms with E-state index in [1.807, 2.05) is 24.1 Å². The van der Waals surface area contributed by atoms with Crippen LogP contribution in [0.25, 0.3) is 0 Å². The number of hydrogen-bond acceptors (Lipinski definition) is 4. The number of carbonyl (C=O) groups excluding carboxylic acids is 3. The van der Waals surface area contributed by atoms with Crippen LogP contribution in [0.1, 0.15) is 42.1 Å². The van der Waals surface area contributed by atoms with Gasteiger partial charge >= 0.3 is 0 Å². The minimum Gasteiger partial charge on any atom is -0.345 e. The van der Waals surface area contributed by atoms with Crippen molar-refractivity contribution < 1.29 is 14.4 Å². The van der Waals surface area contributed by atoms with Crippen LogP contribution in [0.2, 0.25) is 0 Å². The number of aryl methyl sites for hydroxylation is 1. The topological polar surface area (TPSA) is 78.5 Å². The van der Waals surface area contributed by atoms with Gasteiger partial charge in [-0.15, -0.1) is 0 Å². The maximum atomic E-state index is 12.5. The SMILES string of the molecule is CSCC[C@H](NC(C)=O)C(=O)Nc1ccc(C(=O)N2CCCC2)cc1C. The standard InChI is InChI=1S/C19H27N3O3S/c1-13-12-15(19(25)22-9-4-5-10-22)6-7-16(13)21-18(24)17(8-11-26-3)20-14(2)23/h6-7,12,17H,4-5,8-11H2,1-3H3,(H,20,23)(H,21,24)/t17-/m0/s1. The first-order valence-corrected chi connectivity index (χ1v) is 10.3. The molecular weight excluding hydrogens is 350 g/mol. The highest BCUT2D eigenvalue weighted by atomic mass is 32.2. The van der Waals surface area contributed by atoms with E-state index in [-0.39, 0.29) is 17.7 Å². The van der Waals surface area contributed by atoms with Crippen molar-refractivity contribution in [3.63, 3.8) is 0 Å². The van der Waals surface area contributed by atoms with Gasteiger partial charge in [-0.05, 0) is 62.0 Å². The number of amides is 3. The number of carbonyl (C=O) groups is 3. The third kappa shape index (κ3) is 5.49. The largest absolute Gasteiger partial charge is 0.345 e. The third-order valence-corrected chi connectivity index (χ3v) is 5.07. The predicted octanol–water partition coefficient (Wildman–Crippen LogP) is 2.43. The summed E-state index contributed by atoms with van der Waals surface area (Å²) in [6, 6.07) is 4.75. The molecule has 1 aromatic rings. The minimum absolute atomic E-state index is 0.0413. The maximum absolute atomic E-state index is 12.5. The van der Waals surface area contributed by atoms with E-state index in [0.29, 0.717) is 17.7 Å². The first-order chi connectivity index (χ1) is 12.4. The molecule has 7 heteroatoms. The highest BCUT2D eigenvalue weighted by Crippen LogP contribution is 2.20. The lowest BCUT2D eigenvalue weighted by Crippen LogP contribution is -2.43. The second-order valence-corrected chi connectivity index (χ2v) is 7.54. The summed E-state index contributed by atoms with van der Waals surface area (Å²) in [5, 5.41) is 5.57. The molecule has 1 aliphatic rings. The molecule has 0 aliphatic carbocycles. The van der Waals surface area contributed by atoms with Crippen molar-refractivity contribution in [3.8, 4) is 0 Å². The Labute approximate surface area is 159 Å². The fraction of sp³-hybridized carbons (Fsp3) is 0.526. The molecule has 1 aromatic carbocycles. The second-order valence-electron chi connectivity index (χ2n) is 6.55. The monoisotopic (exact) mass is 377 g/mol. The summed E-state index contributed by atoms with van der Waals surface area (Å²) in [6.45, 7) is 4.89. The van der Waals surface area contributed by atoms with Crippen LogP contribution in [0, 0.1) is 6.92 Å². The van der Waals surface area contributed by atoms with Gasteiger partial charge in [-0.3, -0.25) is 14.4 Å². The van der Waals surface area contributed by atoms with Crippen LogP contribution >= 0.6 is 11.8 Å². The van der Waals surface area contributed by atoms with Gasteiger partial charge in [-0.25, -0.2) is 0 Å². The van der Waals surface area contributed by atoms with Gasteiger partial charge < -0.3 is 15.5 Å². The number of rotatable bonds is 7. The molecule has 2 N–H and O–H groups in total. The van der Waals surface area contributed by atoms with Gasteiger partial charge in [-0.2, -0.15) is 11.8 Å². The average molecular weight is 378 g/mol. The molecule has 0 aromatic heterocycles. The summed E-state index contributed by atoms with van der Waals surface area (Å²) in [5.41, 5.74) is 2.13. The molecule has 2 rings (SSSR count). The smallest absolute Gasteiger partial charge is 0.253 e. The zero-order valence-electron chi connectivity index (χ0n) is 15.6. The lowest BCUT2D eigenvalue weighted by atomic mass is 10.1. The van der Waals surface area contributed by atoms with Crippen molar-refractivity contribution in [2.75, 3.05) is 30.4 Å². The third-order valence-electron chi connectivity index (χ3n) is 4.43. The summed E-state index contributed by atoms with van der Waals surface area (Å²) >= 11 is 1.63. The average Bonchev–Trinajstić information content (AvgIpc) is 3.13. The molecule has 26 heavy (non-hydrogen) atoms. The van der Waals surface area contributed by atoms with E-state index in [9.17, 15) is 14.4 Å². The normalized spacial score (nSPS) is 14.8. The zero-order chi connectivity index (χ0) is 19.1. The van der Waals surface area contributed by atoms with Gasteiger partial charge in [0.15, 0.2) is 0 Å². The van der Waals surface area contributed by atoms with Crippen LogP contribution in [-0.4, -0.2) is 53.8 Å². The highest BCUT2D eigenvalue weighted by Gasteiger charge is 2.22. The van der Waals surface area contributed by atoms with Crippen LogP contribution in [0.5, 0.6) is 0 Å². The first kappa shape index (κ1) is 20.3. The van der Waals surface area contributed by atoms with E-state index in [1.54, 1.807) is 23.9 Å². The molecule has 1 atom stereocenters. The van der Waals surface area contributed by atoms with Crippen LogP contribution in [-0.2, 0) is 9.59 Å². The predicted molar refractivity (Wildman–Crippen MR) is 106 cm³/mol. The van der Waals surface area contributed by atoms with Crippen LogP contribution in [0.4, 0.5) is 5.69 Å². The van der Waals surface area contributed by atoms with Crippen molar-refractivity contribution in [1.82, 2.24) is 10.2 Å². The minimum atomic E-state index is -0.565. The maximum Gasteiger partial charge on any atom is 0.253 e. The molecule has 1 heterocycles. The lowest BCUT2D eigenvalue weighted by Gasteiger charge is -2.19. The van der Waals surface area contributed by atoms with Crippen LogP contribution in [0.3, 0.4) is 0 Å². The zero-order valence-corrected chi connectivity index (χ0v) is 16.4. The highest BCUT2D eigenvalue weighted by molar-refractivity contribution is 7.98. The first-order valence-electron chi connectivity index (χ1n) is 8.89. The number of hydrogen-bond donors (Lipinski definition) is 2. The number of likely N-dealkylation sites (tertiary alicyclic amines) is 1. The van der Waals surface area contributed by atoms with Crippen molar-refractivity contribution >= 4 is 35.2 Å². The van der Waals surface area contributed by atoms with Crippen LogP contribution in [0.15, 0.2) is 18.2 Å². The van der Waals surface area contributed by atoms with Crippen LogP contribution < -0.4 is 10.6 Å². The van der Waals surface area contributed by atoms with Crippen molar-refractivity contribution in [2.45, 2.75) is 39.2 Å². The number of nitrogens with zero attached hydrogens (tertiary/aromatic N) is 1. The summed E-state index contributed by atoms with van der Waals surface area (Å²) < 4.78 is 0. The molecule has 6 nitrogen and oxygen atoms in total. The molecule has 142 valence electrons. The number of thioether (sulfide) groups is 1. The molecule has 0 spiro atoms. The van der Waals surface area contributed by atoms with Gasteiger partial charge in [0.2, 0.25) is 11.8 Å². The molecule has 0 unspecified atom stereocenters. The Kier molecular flexibility index (Phi) is 7.50. The van der Waals surface area contributed by atoms with E-state index in [1.165, 1.54) is 6.92 Å². The van der Waals surface area contributed by atoms with Crippen molar-refractivity contribution in [1.29, 1.82) is 0 Å². The Morgan fingerprint density at radius 1 is 1.23 bits per heavy atom. The molecular formula is C19H27N3O3S. The Morgan fingerprint density at radius 2 is 1.92 bits per heavy atom. The number of nitrogens with one attached hydrogen (secondary N) is 2. The lowest BCUT2D eigenvalue weighted by molar-refractivity contribution is -0.125. The Hall–Kier alpha value is -2.02. The molecule has 3 amide bonds. The molecule has 1 fully saturated rings. The van der Waals surface area contributed by atoms with E-state index in [2.05, 4.69) is 10.6 Å². The molecule has 0 radical (unpaired) electrons. The number of anilines is 1. The quantitative estimate of drug-likeness (QED) is 0.765. The second kappa shape index (κ2) is 9.62.